The van der Waals surface area contributed by atoms with E-state index in [-0.39, 0.29) is 0 Å². The number of nitrogens with one attached hydrogen (secondary N) is 2. The van der Waals surface area contributed by atoms with Gasteiger partial charge in [0, 0.05) is 24.5 Å². The SMILES string of the molecule is Cc1ccc(Nc2nc(Nc3ccc(C)cc3)nc(N3CCCCC3)n2)cc1. The fraction of sp³-hybridized carbons (Fsp3) is 0.318. The van der Waals surface area contributed by atoms with E-state index in [2.05, 4.69) is 68.6 Å². The summed E-state index contributed by atoms with van der Waals surface area (Å²) in [4.78, 5) is 16.2. The van der Waals surface area contributed by atoms with Crippen molar-refractivity contribution in [1.29, 1.82) is 0 Å². The summed E-state index contributed by atoms with van der Waals surface area (Å²) >= 11 is 0. The van der Waals surface area contributed by atoms with Gasteiger partial charge in [0.25, 0.3) is 0 Å². The van der Waals surface area contributed by atoms with Crippen molar-refractivity contribution in [3.05, 3.63) is 59.7 Å². The minimum Gasteiger partial charge on any atom is -0.341 e. The fourth-order valence-corrected chi connectivity index (χ4v) is 3.24. The number of nitrogens with zero attached hydrogens (tertiary/aromatic N) is 4. The van der Waals surface area contributed by atoms with E-state index in [1.54, 1.807) is 0 Å². The van der Waals surface area contributed by atoms with Crippen molar-refractivity contribution in [3.8, 4) is 0 Å². The van der Waals surface area contributed by atoms with Gasteiger partial charge in [0.2, 0.25) is 17.8 Å². The molecule has 6 nitrogen and oxygen atoms in total. The Labute approximate surface area is 166 Å². The summed E-state index contributed by atoms with van der Waals surface area (Å²) in [7, 11) is 0. The molecule has 0 saturated carbocycles. The summed E-state index contributed by atoms with van der Waals surface area (Å²) < 4.78 is 0. The molecule has 2 heterocycles. The molecule has 1 aliphatic heterocycles. The van der Waals surface area contributed by atoms with Gasteiger partial charge in [-0.25, -0.2) is 0 Å². The Morgan fingerprint density at radius 1 is 0.643 bits per heavy atom. The molecule has 6 heteroatoms. The van der Waals surface area contributed by atoms with Crippen LogP contribution in [0, 0.1) is 13.8 Å². The van der Waals surface area contributed by atoms with Gasteiger partial charge >= 0.3 is 0 Å². The maximum Gasteiger partial charge on any atom is 0.233 e. The molecule has 28 heavy (non-hydrogen) atoms. The van der Waals surface area contributed by atoms with Crippen LogP contribution in [0.25, 0.3) is 0 Å². The Hall–Kier alpha value is -3.15. The van der Waals surface area contributed by atoms with Crippen molar-refractivity contribution in [2.75, 3.05) is 28.6 Å². The van der Waals surface area contributed by atoms with Crippen LogP contribution in [0.1, 0.15) is 30.4 Å². The van der Waals surface area contributed by atoms with Gasteiger partial charge in [0.05, 0.1) is 0 Å². The second-order valence-corrected chi connectivity index (χ2v) is 7.31. The van der Waals surface area contributed by atoms with Crippen LogP contribution in [0.2, 0.25) is 0 Å². The van der Waals surface area contributed by atoms with E-state index < -0.39 is 0 Å². The summed E-state index contributed by atoms with van der Waals surface area (Å²) in [5.41, 5.74) is 4.36. The first kappa shape index (κ1) is 18.2. The first-order valence-electron chi connectivity index (χ1n) is 9.84. The van der Waals surface area contributed by atoms with Crippen LogP contribution >= 0.6 is 0 Å². The molecule has 0 atom stereocenters. The van der Waals surface area contributed by atoms with Gasteiger partial charge in [-0.3, -0.25) is 0 Å². The molecule has 0 radical (unpaired) electrons. The van der Waals surface area contributed by atoms with Gasteiger partial charge in [-0.15, -0.1) is 0 Å². The average molecular weight is 374 g/mol. The van der Waals surface area contributed by atoms with E-state index in [4.69, 9.17) is 0 Å². The normalized spacial score (nSPS) is 14.0. The Morgan fingerprint density at radius 2 is 1.11 bits per heavy atom. The van der Waals surface area contributed by atoms with Crippen LogP contribution in [-0.4, -0.2) is 28.0 Å². The lowest BCUT2D eigenvalue weighted by molar-refractivity contribution is 0.568. The van der Waals surface area contributed by atoms with Gasteiger partial charge in [0.15, 0.2) is 0 Å². The molecular formula is C22H26N6. The molecule has 2 aromatic carbocycles. The molecule has 0 amide bonds. The largest absolute Gasteiger partial charge is 0.341 e. The number of aryl methyl sites for hydroxylation is 2. The third kappa shape index (κ3) is 4.57. The van der Waals surface area contributed by atoms with Crippen molar-refractivity contribution in [2.45, 2.75) is 33.1 Å². The van der Waals surface area contributed by atoms with E-state index in [0.717, 1.165) is 30.4 Å². The van der Waals surface area contributed by atoms with E-state index in [9.17, 15) is 0 Å². The van der Waals surface area contributed by atoms with E-state index >= 15 is 0 Å². The van der Waals surface area contributed by atoms with Crippen molar-refractivity contribution in [1.82, 2.24) is 15.0 Å². The maximum absolute atomic E-state index is 4.68. The van der Waals surface area contributed by atoms with Crippen LogP contribution in [0.5, 0.6) is 0 Å². The molecule has 3 aromatic rings. The summed E-state index contributed by atoms with van der Waals surface area (Å²) in [6.07, 6.45) is 3.62. The highest BCUT2D eigenvalue weighted by atomic mass is 15.3. The standard InChI is InChI=1S/C22H26N6/c1-16-6-10-18(11-7-16)23-20-25-21(24-19-12-8-17(2)9-13-19)27-22(26-20)28-14-4-3-5-15-28/h6-13H,3-5,14-15H2,1-2H3,(H2,23,24,25,26,27). The molecule has 1 saturated heterocycles. The molecule has 144 valence electrons. The molecule has 0 spiro atoms. The Kier molecular flexibility index (Phi) is 5.37. The van der Waals surface area contributed by atoms with Crippen LogP contribution in [0.4, 0.5) is 29.2 Å². The number of piperidine rings is 1. The summed E-state index contributed by atoms with van der Waals surface area (Å²) in [5, 5.41) is 6.63. The maximum atomic E-state index is 4.68. The molecule has 1 aromatic heterocycles. The number of benzene rings is 2. The number of aromatic nitrogens is 3. The third-order valence-electron chi connectivity index (χ3n) is 4.88. The van der Waals surface area contributed by atoms with Crippen LogP contribution in [-0.2, 0) is 0 Å². The predicted octanol–water partition coefficient (Wildman–Crippen LogP) is 4.97. The first-order chi connectivity index (χ1) is 13.7. The zero-order chi connectivity index (χ0) is 19.3. The number of anilines is 5. The van der Waals surface area contributed by atoms with Crippen LogP contribution < -0.4 is 15.5 Å². The highest BCUT2D eigenvalue weighted by Gasteiger charge is 2.16. The smallest absolute Gasteiger partial charge is 0.233 e. The monoisotopic (exact) mass is 374 g/mol. The predicted molar refractivity (Wildman–Crippen MR) is 115 cm³/mol. The zero-order valence-electron chi connectivity index (χ0n) is 16.4. The number of rotatable bonds is 5. The van der Waals surface area contributed by atoms with Crippen molar-refractivity contribution in [2.24, 2.45) is 0 Å². The summed E-state index contributed by atoms with van der Waals surface area (Å²) in [5.74, 6) is 1.82. The lowest BCUT2D eigenvalue weighted by Gasteiger charge is -2.27. The molecule has 4 rings (SSSR count). The van der Waals surface area contributed by atoms with Gasteiger partial charge in [-0.05, 0) is 57.4 Å². The highest BCUT2D eigenvalue weighted by molar-refractivity contribution is 5.59. The van der Waals surface area contributed by atoms with Crippen molar-refractivity contribution >= 4 is 29.2 Å². The third-order valence-corrected chi connectivity index (χ3v) is 4.88. The molecule has 0 unspecified atom stereocenters. The lowest BCUT2D eigenvalue weighted by Crippen LogP contribution is -2.31. The Balaban J connectivity index is 1.63. The topological polar surface area (TPSA) is 66.0 Å². The minimum atomic E-state index is 0.550. The second-order valence-electron chi connectivity index (χ2n) is 7.31. The second kappa shape index (κ2) is 8.25. The van der Waals surface area contributed by atoms with E-state index in [1.807, 2.05) is 24.3 Å². The molecule has 1 fully saturated rings. The zero-order valence-corrected chi connectivity index (χ0v) is 16.4. The van der Waals surface area contributed by atoms with Gasteiger partial charge in [0.1, 0.15) is 0 Å². The number of hydrogen-bond donors (Lipinski definition) is 2. The van der Waals surface area contributed by atoms with Gasteiger partial charge < -0.3 is 15.5 Å². The highest BCUT2D eigenvalue weighted by Crippen LogP contribution is 2.22. The molecular weight excluding hydrogens is 348 g/mol. The average Bonchev–Trinajstić information content (AvgIpc) is 2.72. The Bertz CT molecular complexity index is 849. The van der Waals surface area contributed by atoms with Gasteiger partial charge in [-0.2, -0.15) is 15.0 Å². The van der Waals surface area contributed by atoms with Crippen molar-refractivity contribution in [3.63, 3.8) is 0 Å². The summed E-state index contributed by atoms with van der Waals surface area (Å²) in [6.45, 7) is 6.12. The number of hydrogen-bond acceptors (Lipinski definition) is 6. The summed E-state index contributed by atoms with van der Waals surface area (Å²) in [6, 6.07) is 16.4. The minimum absolute atomic E-state index is 0.550. The van der Waals surface area contributed by atoms with E-state index in [1.165, 1.54) is 30.4 Å². The molecule has 2 N–H and O–H groups in total. The molecule has 0 aliphatic carbocycles. The lowest BCUT2D eigenvalue weighted by atomic mass is 10.1. The first-order valence-corrected chi connectivity index (χ1v) is 9.84. The molecule has 1 aliphatic rings. The van der Waals surface area contributed by atoms with Crippen molar-refractivity contribution < 1.29 is 0 Å². The quantitative estimate of drug-likeness (QED) is 0.657. The molecule has 0 bridgehead atoms. The fourth-order valence-electron chi connectivity index (χ4n) is 3.24. The van der Waals surface area contributed by atoms with Gasteiger partial charge in [-0.1, -0.05) is 35.4 Å². The Morgan fingerprint density at radius 3 is 1.57 bits per heavy atom. The van der Waals surface area contributed by atoms with Crippen LogP contribution in [0.15, 0.2) is 48.5 Å². The van der Waals surface area contributed by atoms with Crippen LogP contribution in [0.3, 0.4) is 0 Å². The van der Waals surface area contributed by atoms with E-state index in [0.29, 0.717) is 11.9 Å².